The zero-order valence-electron chi connectivity index (χ0n) is 7.82. The predicted molar refractivity (Wildman–Crippen MR) is 52.7 cm³/mol. The molecule has 0 aliphatic carbocycles. The molecule has 0 radical (unpaired) electrons. The Hall–Kier alpha value is -1.55. The van der Waals surface area contributed by atoms with Crippen LogP contribution in [0.4, 0.5) is 8.78 Å². The minimum atomic E-state index is -3.19. The third-order valence-electron chi connectivity index (χ3n) is 2.22. The molecule has 0 aliphatic heterocycles. The third kappa shape index (κ3) is 1.80. The van der Waals surface area contributed by atoms with Crippen LogP contribution in [0.15, 0.2) is 36.5 Å². The second-order valence-electron chi connectivity index (χ2n) is 3.27. The van der Waals surface area contributed by atoms with Crippen molar-refractivity contribution >= 4 is 10.9 Å². The molecule has 2 rings (SSSR count). The first kappa shape index (κ1) is 9.98. The average Bonchev–Trinajstić information content (AvgIpc) is 2.28. The van der Waals surface area contributed by atoms with Crippen molar-refractivity contribution in [2.24, 2.45) is 0 Å². The molecule has 0 spiro atoms. The molecule has 0 fully saturated rings. The molecular weight excluding hydrogens is 200 g/mol. The molecule has 0 bridgehead atoms. The van der Waals surface area contributed by atoms with E-state index < -0.39 is 12.5 Å². The smallest absolute Gasteiger partial charge is 0.295 e. The second-order valence-corrected chi connectivity index (χ2v) is 3.27. The molecule has 0 saturated heterocycles. The molecule has 1 aromatic carbocycles. The van der Waals surface area contributed by atoms with Crippen LogP contribution in [-0.2, 0) is 5.92 Å². The maximum Gasteiger partial charge on any atom is 0.295 e. The topological polar surface area (TPSA) is 33.1 Å². The molecule has 0 atom stereocenters. The number of pyridine rings is 1. The van der Waals surface area contributed by atoms with Gasteiger partial charge in [-0.15, -0.1) is 0 Å². The van der Waals surface area contributed by atoms with Gasteiger partial charge in [-0.1, -0.05) is 12.1 Å². The maximum absolute atomic E-state index is 13.1. The summed E-state index contributed by atoms with van der Waals surface area (Å²) >= 11 is 0. The molecule has 78 valence electrons. The summed E-state index contributed by atoms with van der Waals surface area (Å²) < 4.78 is 26.3. The predicted octanol–water partition coefficient (Wildman–Crippen LogP) is 2.32. The Labute approximate surface area is 85.2 Å². The van der Waals surface area contributed by atoms with Crippen molar-refractivity contribution in [1.29, 1.82) is 0 Å². The van der Waals surface area contributed by atoms with Crippen LogP contribution in [0, 0.1) is 0 Å². The number of rotatable bonds is 2. The number of alkyl halides is 2. The summed E-state index contributed by atoms with van der Waals surface area (Å²) in [4.78, 5) is 4.02. The summed E-state index contributed by atoms with van der Waals surface area (Å²) in [6, 6.07) is 7.54. The Kier molecular flexibility index (Phi) is 2.36. The molecule has 1 N–H and O–H groups in total. The van der Waals surface area contributed by atoms with E-state index >= 15 is 0 Å². The van der Waals surface area contributed by atoms with Crippen LogP contribution in [0.3, 0.4) is 0 Å². The van der Waals surface area contributed by atoms with E-state index in [0.717, 1.165) is 0 Å². The molecule has 2 aromatic rings. The first-order chi connectivity index (χ1) is 7.13. The summed E-state index contributed by atoms with van der Waals surface area (Å²) in [6.45, 7) is -1.18. The molecule has 15 heavy (non-hydrogen) atoms. The van der Waals surface area contributed by atoms with Gasteiger partial charge in [0.1, 0.15) is 6.61 Å². The highest BCUT2D eigenvalue weighted by molar-refractivity contribution is 5.79. The van der Waals surface area contributed by atoms with Gasteiger partial charge in [0.15, 0.2) is 0 Å². The van der Waals surface area contributed by atoms with Crippen LogP contribution in [0.5, 0.6) is 0 Å². The van der Waals surface area contributed by atoms with Crippen molar-refractivity contribution in [3.05, 3.63) is 42.1 Å². The molecule has 0 aliphatic rings. The highest BCUT2D eigenvalue weighted by Crippen LogP contribution is 2.29. The lowest BCUT2D eigenvalue weighted by atomic mass is 10.1. The summed E-state index contributed by atoms with van der Waals surface area (Å²) in [5.41, 5.74) is 0.473. The fourth-order valence-corrected chi connectivity index (χ4v) is 1.39. The zero-order chi connectivity index (χ0) is 10.9. The van der Waals surface area contributed by atoms with Crippen molar-refractivity contribution < 1.29 is 13.9 Å². The number of aromatic nitrogens is 1. The standard InChI is InChI=1S/C11H9F2NO/c12-11(13,7-15)9-3-4-10-8(6-9)2-1-5-14-10/h1-6,15H,7H2. The van der Waals surface area contributed by atoms with Crippen LogP contribution in [0.2, 0.25) is 0 Å². The Bertz CT molecular complexity index is 485. The molecule has 0 saturated carbocycles. The van der Waals surface area contributed by atoms with Gasteiger partial charge in [0.05, 0.1) is 5.52 Å². The van der Waals surface area contributed by atoms with Crippen molar-refractivity contribution in [1.82, 2.24) is 4.98 Å². The van der Waals surface area contributed by atoms with Gasteiger partial charge in [-0.05, 0) is 18.2 Å². The van der Waals surface area contributed by atoms with Crippen molar-refractivity contribution in [3.8, 4) is 0 Å². The Balaban J connectivity index is 2.56. The number of benzene rings is 1. The van der Waals surface area contributed by atoms with Gasteiger partial charge in [0, 0.05) is 17.1 Å². The monoisotopic (exact) mass is 209 g/mol. The molecule has 0 unspecified atom stereocenters. The van der Waals surface area contributed by atoms with Gasteiger partial charge in [0.25, 0.3) is 5.92 Å². The van der Waals surface area contributed by atoms with E-state index in [2.05, 4.69) is 4.98 Å². The highest BCUT2D eigenvalue weighted by atomic mass is 19.3. The number of halogens is 2. The number of nitrogens with zero attached hydrogens (tertiary/aromatic N) is 1. The number of fused-ring (bicyclic) bond motifs is 1. The fraction of sp³-hybridized carbons (Fsp3) is 0.182. The lowest BCUT2D eigenvalue weighted by Gasteiger charge is -2.13. The Morgan fingerprint density at radius 3 is 2.80 bits per heavy atom. The van der Waals surface area contributed by atoms with Gasteiger partial charge >= 0.3 is 0 Å². The van der Waals surface area contributed by atoms with E-state index in [9.17, 15) is 8.78 Å². The van der Waals surface area contributed by atoms with Crippen molar-refractivity contribution in [2.45, 2.75) is 5.92 Å². The van der Waals surface area contributed by atoms with E-state index in [0.29, 0.717) is 10.9 Å². The highest BCUT2D eigenvalue weighted by Gasteiger charge is 2.30. The molecule has 0 amide bonds. The first-order valence-electron chi connectivity index (χ1n) is 4.47. The van der Waals surface area contributed by atoms with E-state index in [4.69, 9.17) is 5.11 Å². The quantitative estimate of drug-likeness (QED) is 0.823. The number of aliphatic hydroxyl groups excluding tert-OH is 1. The van der Waals surface area contributed by atoms with Crippen molar-refractivity contribution in [2.75, 3.05) is 6.61 Å². The molecule has 4 heteroatoms. The van der Waals surface area contributed by atoms with E-state index in [-0.39, 0.29) is 5.56 Å². The summed E-state index contributed by atoms with van der Waals surface area (Å²) in [7, 11) is 0. The SMILES string of the molecule is OCC(F)(F)c1ccc2ncccc2c1. The van der Waals surface area contributed by atoms with Crippen LogP contribution < -0.4 is 0 Å². The van der Waals surface area contributed by atoms with Gasteiger partial charge in [-0.2, -0.15) is 8.78 Å². The molecule has 1 aromatic heterocycles. The summed E-state index contributed by atoms with van der Waals surface area (Å²) in [5, 5.41) is 9.20. The first-order valence-corrected chi connectivity index (χ1v) is 4.47. The maximum atomic E-state index is 13.1. The Morgan fingerprint density at radius 1 is 1.27 bits per heavy atom. The van der Waals surface area contributed by atoms with Gasteiger partial charge < -0.3 is 5.11 Å². The lowest BCUT2D eigenvalue weighted by molar-refractivity contribution is -0.0555. The molecule has 1 heterocycles. The fourth-order valence-electron chi connectivity index (χ4n) is 1.39. The van der Waals surface area contributed by atoms with Gasteiger partial charge in [-0.25, -0.2) is 0 Å². The average molecular weight is 209 g/mol. The summed E-state index contributed by atoms with van der Waals surface area (Å²) in [5.74, 6) is -3.19. The van der Waals surface area contributed by atoms with Gasteiger partial charge in [0.2, 0.25) is 0 Å². The number of aliphatic hydroxyl groups is 1. The zero-order valence-corrected chi connectivity index (χ0v) is 7.82. The molecular formula is C11H9F2NO. The van der Waals surface area contributed by atoms with Crippen molar-refractivity contribution in [3.63, 3.8) is 0 Å². The normalized spacial score (nSPS) is 11.9. The minimum Gasteiger partial charge on any atom is -0.390 e. The third-order valence-corrected chi connectivity index (χ3v) is 2.22. The minimum absolute atomic E-state index is 0.189. The summed E-state index contributed by atoms with van der Waals surface area (Å²) in [6.07, 6.45) is 1.60. The molecule has 2 nitrogen and oxygen atoms in total. The Morgan fingerprint density at radius 2 is 2.07 bits per heavy atom. The number of hydrogen-bond acceptors (Lipinski definition) is 2. The van der Waals surface area contributed by atoms with Crippen LogP contribution in [0.1, 0.15) is 5.56 Å². The van der Waals surface area contributed by atoms with Gasteiger partial charge in [-0.3, -0.25) is 4.98 Å². The van der Waals surface area contributed by atoms with E-state index in [1.807, 2.05) is 0 Å². The lowest BCUT2D eigenvalue weighted by Crippen LogP contribution is -2.18. The largest absolute Gasteiger partial charge is 0.390 e. The van der Waals surface area contributed by atoms with Crippen LogP contribution in [0.25, 0.3) is 10.9 Å². The van der Waals surface area contributed by atoms with E-state index in [1.165, 1.54) is 18.2 Å². The van der Waals surface area contributed by atoms with Crippen LogP contribution in [-0.4, -0.2) is 16.7 Å². The number of hydrogen-bond donors (Lipinski definition) is 1. The second kappa shape index (κ2) is 3.55. The van der Waals surface area contributed by atoms with Crippen LogP contribution >= 0.6 is 0 Å². The van der Waals surface area contributed by atoms with E-state index in [1.54, 1.807) is 18.3 Å².